The van der Waals surface area contributed by atoms with E-state index in [0.29, 0.717) is 5.92 Å². The Balaban J connectivity index is 0.000000294. The molecule has 438 valence electrons. The molecule has 0 aromatic heterocycles. The number of hydrogen-bond donors (Lipinski definition) is 0. The Morgan fingerprint density at radius 3 is 1.84 bits per heavy atom. The molecule has 3 unspecified atom stereocenters. The lowest BCUT2D eigenvalue weighted by Gasteiger charge is -2.39. The van der Waals surface area contributed by atoms with Gasteiger partial charge in [0.15, 0.2) is 0 Å². The van der Waals surface area contributed by atoms with Gasteiger partial charge in [-0.05, 0) is 163 Å². The lowest BCUT2D eigenvalue weighted by molar-refractivity contribution is 0.637. The number of rotatable bonds is 12. The largest absolute Gasteiger partial charge is 0.128 e. The standard InChI is InChI=1S/C47H38.C27H28.C3H8.4C2H6/c1-4-15-36-19-9-11-23-42(36)47-32-39(28-29-45(47)41-22-10-8-16-33(41)2)37-20-14-21-40(30-37)43-24-12-13-25-44(43)46-31-38(27-26-34(46)3)35-17-6-5-7-18-35;1-3-5-18-23-24-19-12-13-20-26(24)27(25(23)4-2,21-14-8-6-9-15-21)22-16-10-7-11-17-22;1-3-2;4*1-2/h5-32,34,46H,1H2,2-3H3;4-10,12,14-16,18-19H,2-3,11,13,17,20H2,1H3;3H2,1-2H3;4*1-2H3/b;18-5-;;;;;. The molecule has 0 spiro atoms. The Hall–Kier alpha value is -8.28. The smallest absolute Gasteiger partial charge is 0.0639 e. The van der Waals surface area contributed by atoms with Gasteiger partial charge < -0.3 is 0 Å². The van der Waals surface area contributed by atoms with Gasteiger partial charge in [-0.25, -0.2) is 0 Å². The van der Waals surface area contributed by atoms with Gasteiger partial charge >= 0.3 is 0 Å². The van der Waals surface area contributed by atoms with E-state index >= 15 is 0 Å². The zero-order valence-corrected chi connectivity index (χ0v) is 54.0. The van der Waals surface area contributed by atoms with Gasteiger partial charge in [-0.15, -0.1) is 5.73 Å². The predicted molar refractivity (Wildman–Crippen MR) is 380 cm³/mol. The zero-order valence-electron chi connectivity index (χ0n) is 54.0. The summed E-state index contributed by atoms with van der Waals surface area (Å²) < 4.78 is 0. The summed E-state index contributed by atoms with van der Waals surface area (Å²) in [5, 5.41) is 0. The van der Waals surface area contributed by atoms with Crippen LogP contribution in [-0.2, 0) is 5.41 Å². The van der Waals surface area contributed by atoms with Crippen molar-refractivity contribution in [1.82, 2.24) is 0 Å². The molecule has 0 saturated carbocycles. The summed E-state index contributed by atoms with van der Waals surface area (Å²) in [6, 6.07) is 63.8. The highest BCUT2D eigenvalue weighted by molar-refractivity contribution is 5.92. The van der Waals surface area contributed by atoms with Crippen molar-refractivity contribution in [3.8, 4) is 44.5 Å². The van der Waals surface area contributed by atoms with E-state index in [1.165, 1.54) is 101 Å². The summed E-state index contributed by atoms with van der Waals surface area (Å²) in [4.78, 5) is 0. The van der Waals surface area contributed by atoms with E-state index in [0.717, 1.165) is 37.7 Å². The zero-order chi connectivity index (χ0) is 61.6. The van der Waals surface area contributed by atoms with E-state index in [2.05, 4.69) is 296 Å². The molecule has 7 aromatic carbocycles. The van der Waals surface area contributed by atoms with Crippen LogP contribution in [0.3, 0.4) is 0 Å². The summed E-state index contributed by atoms with van der Waals surface area (Å²) >= 11 is 0. The quantitative estimate of drug-likeness (QED) is 0.107. The SMILES string of the molecule is C=C=Cc1ccccc1-c1cc(-c2cccc(-c3ccccc3C3C=C(c4ccccc4)C=CC3C)c2)ccc1-c1ccccc1C.C=CC1=C(/C=C\CC)C2=C(CCC=C2)C1(C1=CC=CCC1)c1ccccc1.CC.CC.CC.CC.CCC. The van der Waals surface area contributed by atoms with Crippen LogP contribution in [0.5, 0.6) is 0 Å². The molecule has 0 N–H and O–H groups in total. The van der Waals surface area contributed by atoms with Gasteiger partial charge in [0.25, 0.3) is 0 Å². The van der Waals surface area contributed by atoms with Crippen molar-refractivity contribution < 1.29 is 0 Å². The first-order chi connectivity index (χ1) is 41.9. The minimum Gasteiger partial charge on any atom is -0.128 e. The van der Waals surface area contributed by atoms with Crippen molar-refractivity contribution in [3.63, 3.8) is 0 Å². The van der Waals surface area contributed by atoms with Crippen LogP contribution in [0.4, 0.5) is 0 Å². The first-order valence-electron chi connectivity index (χ1n) is 32.0. The van der Waals surface area contributed by atoms with Crippen LogP contribution in [0, 0.1) is 12.8 Å². The lowest BCUT2D eigenvalue weighted by Crippen LogP contribution is -2.32. The van der Waals surface area contributed by atoms with E-state index in [1.54, 1.807) is 5.57 Å². The molecule has 0 aliphatic heterocycles. The first kappa shape index (κ1) is 67.5. The van der Waals surface area contributed by atoms with Crippen molar-refractivity contribution in [2.24, 2.45) is 5.92 Å². The average Bonchev–Trinajstić information content (AvgIpc) is 3.53. The monoisotopic (exact) mass is 1120 g/mol. The number of allylic oxidation sites excluding steroid dienone is 17. The molecular weight excluding hydrogens is 1020 g/mol. The number of hydrogen-bond acceptors (Lipinski definition) is 0. The third-order valence-corrected chi connectivity index (χ3v) is 15.4. The Morgan fingerprint density at radius 1 is 0.576 bits per heavy atom. The molecule has 85 heavy (non-hydrogen) atoms. The molecule has 0 fully saturated rings. The van der Waals surface area contributed by atoms with Crippen LogP contribution >= 0.6 is 0 Å². The molecule has 0 nitrogen and oxygen atoms in total. The molecule has 0 bridgehead atoms. The van der Waals surface area contributed by atoms with Crippen molar-refractivity contribution in [2.45, 2.75) is 140 Å². The minimum atomic E-state index is -0.165. The lowest BCUT2D eigenvalue weighted by atomic mass is 9.62. The van der Waals surface area contributed by atoms with Crippen LogP contribution in [0.25, 0.3) is 56.2 Å². The summed E-state index contributed by atoms with van der Waals surface area (Å²) in [7, 11) is 0. The van der Waals surface area contributed by atoms with E-state index in [9.17, 15) is 0 Å². The topological polar surface area (TPSA) is 0 Å². The molecule has 7 aromatic rings. The van der Waals surface area contributed by atoms with Crippen LogP contribution in [0.15, 0.2) is 290 Å². The fraction of sp³-hybridized carbons (Fsp3) is 0.259. The van der Waals surface area contributed by atoms with Gasteiger partial charge in [-0.3, -0.25) is 0 Å². The minimum absolute atomic E-state index is 0.165. The normalized spacial score (nSPS) is 16.9. The molecule has 0 radical (unpaired) electrons. The van der Waals surface area contributed by atoms with Gasteiger partial charge in [0.1, 0.15) is 0 Å². The number of aryl methyl sites for hydroxylation is 1. The highest BCUT2D eigenvalue weighted by atomic mass is 14.5. The molecule has 4 aliphatic carbocycles. The second-order valence-corrected chi connectivity index (χ2v) is 20.6. The third-order valence-electron chi connectivity index (χ3n) is 15.4. The second-order valence-electron chi connectivity index (χ2n) is 20.6. The maximum atomic E-state index is 4.29. The molecule has 4 aliphatic rings. The van der Waals surface area contributed by atoms with Crippen molar-refractivity contribution in [3.05, 3.63) is 317 Å². The van der Waals surface area contributed by atoms with E-state index in [-0.39, 0.29) is 11.3 Å². The van der Waals surface area contributed by atoms with Gasteiger partial charge in [0, 0.05) is 5.92 Å². The summed E-state index contributed by atoms with van der Waals surface area (Å²) in [6.45, 7) is 35.1. The van der Waals surface area contributed by atoms with Crippen LogP contribution in [0.1, 0.15) is 155 Å². The predicted octanol–water partition coefficient (Wildman–Crippen LogP) is 25.7. The van der Waals surface area contributed by atoms with Crippen molar-refractivity contribution >= 4 is 11.6 Å². The molecule has 0 saturated heterocycles. The summed E-state index contributed by atoms with van der Waals surface area (Å²) in [5.41, 5.74) is 27.4. The maximum absolute atomic E-state index is 4.29. The Kier molecular flexibility index (Phi) is 28.4. The molecule has 0 heterocycles. The molecule has 11 rings (SSSR count). The third kappa shape index (κ3) is 15.9. The first-order valence-corrected chi connectivity index (χ1v) is 32.0. The fourth-order valence-corrected chi connectivity index (χ4v) is 11.9. The van der Waals surface area contributed by atoms with Crippen LogP contribution < -0.4 is 0 Å². The highest BCUT2D eigenvalue weighted by Gasteiger charge is 2.48. The average molecular weight is 1120 g/mol. The maximum Gasteiger partial charge on any atom is 0.0639 e. The van der Waals surface area contributed by atoms with E-state index in [4.69, 9.17) is 0 Å². The van der Waals surface area contributed by atoms with Crippen LogP contribution in [0.2, 0.25) is 0 Å². The molecule has 0 heteroatoms. The Labute approximate surface area is 516 Å². The van der Waals surface area contributed by atoms with Gasteiger partial charge in [-0.1, -0.05) is 339 Å². The van der Waals surface area contributed by atoms with Crippen molar-refractivity contribution in [2.75, 3.05) is 0 Å². The van der Waals surface area contributed by atoms with Gasteiger partial charge in [0.2, 0.25) is 0 Å². The molecule has 3 atom stereocenters. The van der Waals surface area contributed by atoms with E-state index in [1.807, 2.05) is 61.5 Å². The highest BCUT2D eigenvalue weighted by Crippen LogP contribution is 2.58. The second kappa shape index (κ2) is 35.8. The fourth-order valence-electron chi connectivity index (χ4n) is 11.9. The van der Waals surface area contributed by atoms with Crippen LogP contribution in [-0.4, -0.2) is 0 Å². The molecular formula is C85H98. The number of benzene rings is 7. The van der Waals surface area contributed by atoms with Gasteiger partial charge in [-0.2, -0.15) is 0 Å². The Bertz CT molecular complexity index is 3530. The summed E-state index contributed by atoms with van der Waals surface area (Å²) in [5.74, 6) is 0.678. The van der Waals surface area contributed by atoms with Gasteiger partial charge in [0.05, 0.1) is 5.41 Å². The van der Waals surface area contributed by atoms with E-state index < -0.39 is 0 Å². The summed E-state index contributed by atoms with van der Waals surface area (Å²) in [6.07, 6.45) is 34.1. The molecule has 0 amide bonds. The van der Waals surface area contributed by atoms with Crippen molar-refractivity contribution in [1.29, 1.82) is 0 Å². The Morgan fingerprint density at radius 2 is 1.18 bits per heavy atom.